The van der Waals surface area contributed by atoms with Crippen LogP contribution in [0.3, 0.4) is 0 Å². The Bertz CT molecular complexity index is 481. The van der Waals surface area contributed by atoms with Gasteiger partial charge in [-0.2, -0.15) is 0 Å². The second-order valence-corrected chi connectivity index (χ2v) is 3.68. The Balaban J connectivity index is 2.24. The maximum Gasteiger partial charge on any atom is 0.144 e. The molecule has 0 aliphatic carbocycles. The number of methoxy groups -OCH3 is 1. The van der Waals surface area contributed by atoms with Gasteiger partial charge in [-0.15, -0.1) is 5.10 Å². The van der Waals surface area contributed by atoms with E-state index in [1.54, 1.807) is 11.8 Å². The van der Waals surface area contributed by atoms with Crippen LogP contribution in [-0.2, 0) is 6.42 Å². The van der Waals surface area contributed by atoms with Gasteiger partial charge in [-0.05, 0) is 19.2 Å². The van der Waals surface area contributed by atoms with Crippen molar-refractivity contribution in [3.05, 3.63) is 36.2 Å². The van der Waals surface area contributed by atoms with Crippen LogP contribution in [0.4, 0.5) is 0 Å². The maximum atomic E-state index is 5.29. The Morgan fingerprint density at radius 2 is 2.18 bits per heavy atom. The Morgan fingerprint density at radius 1 is 1.35 bits per heavy atom. The lowest BCUT2D eigenvalue weighted by molar-refractivity contribution is 0.411. The van der Waals surface area contributed by atoms with Crippen molar-refractivity contribution < 1.29 is 4.74 Å². The van der Waals surface area contributed by atoms with Crippen molar-refractivity contribution in [2.75, 3.05) is 20.7 Å². The fraction of sp³-hybridized carbons (Fsp3) is 0.333. The van der Waals surface area contributed by atoms with Gasteiger partial charge in [0.2, 0.25) is 0 Å². The number of likely N-dealkylation sites (N-methyl/N-ethyl adjacent to an activating group) is 1. The van der Waals surface area contributed by atoms with Crippen molar-refractivity contribution in [1.82, 2.24) is 20.3 Å². The molecular weight excluding hydrogens is 216 g/mol. The highest BCUT2D eigenvalue weighted by Crippen LogP contribution is 2.20. The Morgan fingerprint density at radius 3 is 2.94 bits per heavy atom. The molecule has 2 rings (SSSR count). The van der Waals surface area contributed by atoms with Crippen molar-refractivity contribution in [3.63, 3.8) is 0 Å². The zero-order valence-electron chi connectivity index (χ0n) is 10.1. The minimum absolute atomic E-state index is 0.789. The highest BCUT2D eigenvalue weighted by Gasteiger charge is 2.06. The summed E-state index contributed by atoms with van der Waals surface area (Å²) in [7, 11) is 3.57. The molecule has 0 atom stereocenters. The molecule has 0 saturated heterocycles. The first kappa shape index (κ1) is 11.6. The van der Waals surface area contributed by atoms with Gasteiger partial charge in [-0.3, -0.25) is 0 Å². The van der Waals surface area contributed by atoms with Crippen LogP contribution in [0.5, 0.6) is 5.75 Å². The van der Waals surface area contributed by atoms with E-state index in [1.165, 1.54) is 0 Å². The molecule has 2 aromatic rings. The molecule has 0 aliphatic heterocycles. The first-order valence-electron chi connectivity index (χ1n) is 5.54. The SMILES string of the molecule is CNCCc1cn(-c2ccccc2OC)nn1. The fourth-order valence-electron chi connectivity index (χ4n) is 1.60. The van der Waals surface area contributed by atoms with E-state index in [1.807, 2.05) is 37.5 Å². The summed E-state index contributed by atoms with van der Waals surface area (Å²) >= 11 is 0. The highest BCUT2D eigenvalue weighted by atomic mass is 16.5. The van der Waals surface area contributed by atoms with Crippen LogP contribution < -0.4 is 10.1 Å². The Hall–Kier alpha value is -1.88. The van der Waals surface area contributed by atoms with Gasteiger partial charge in [0.25, 0.3) is 0 Å². The monoisotopic (exact) mass is 232 g/mol. The Kier molecular flexibility index (Phi) is 3.72. The molecule has 0 saturated carbocycles. The van der Waals surface area contributed by atoms with Crippen LogP contribution in [-0.4, -0.2) is 35.7 Å². The standard InChI is InChI=1S/C12H16N4O/c1-13-8-7-10-9-16(15-14-10)11-5-3-4-6-12(11)17-2/h3-6,9,13H,7-8H2,1-2H3. The summed E-state index contributed by atoms with van der Waals surface area (Å²) in [5, 5.41) is 11.3. The molecule has 0 fully saturated rings. The molecule has 0 aliphatic rings. The molecule has 0 bridgehead atoms. The van der Waals surface area contributed by atoms with Crippen molar-refractivity contribution in [2.45, 2.75) is 6.42 Å². The molecular formula is C12H16N4O. The lowest BCUT2D eigenvalue weighted by Gasteiger charge is -2.06. The quantitative estimate of drug-likeness (QED) is 0.836. The van der Waals surface area contributed by atoms with Crippen LogP contribution in [0.25, 0.3) is 5.69 Å². The molecule has 90 valence electrons. The van der Waals surface area contributed by atoms with E-state index in [9.17, 15) is 0 Å². The zero-order valence-corrected chi connectivity index (χ0v) is 10.1. The first-order valence-corrected chi connectivity index (χ1v) is 5.54. The molecule has 0 spiro atoms. The average Bonchev–Trinajstić information content (AvgIpc) is 2.85. The topological polar surface area (TPSA) is 52.0 Å². The summed E-state index contributed by atoms with van der Waals surface area (Å²) in [6, 6.07) is 7.74. The molecule has 1 aromatic heterocycles. The van der Waals surface area contributed by atoms with Crippen LogP contribution in [0, 0.1) is 0 Å². The van der Waals surface area contributed by atoms with E-state index in [0.29, 0.717) is 0 Å². The largest absolute Gasteiger partial charge is 0.494 e. The minimum atomic E-state index is 0.789. The average molecular weight is 232 g/mol. The van der Waals surface area contributed by atoms with E-state index >= 15 is 0 Å². The van der Waals surface area contributed by atoms with Gasteiger partial charge in [0.15, 0.2) is 0 Å². The number of rotatable bonds is 5. The smallest absolute Gasteiger partial charge is 0.144 e. The number of ether oxygens (including phenoxy) is 1. The molecule has 0 radical (unpaired) electrons. The number of nitrogens with one attached hydrogen (secondary N) is 1. The summed E-state index contributed by atoms with van der Waals surface area (Å²) in [5.41, 5.74) is 1.86. The summed E-state index contributed by atoms with van der Waals surface area (Å²) in [6.07, 6.45) is 2.79. The molecule has 1 N–H and O–H groups in total. The van der Waals surface area contributed by atoms with Gasteiger partial charge in [0, 0.05) is 13.0 Å². The molecule has 0 amide bonds. The van der Waals surface area contributed by atoms with Crippen molar-refractivity contribution >= 4 is 0 Å². The lowest BCUT2D eigenvalue weighted by Crippen LogP contribution is -2.10. The number of hydrogen-bond donors (Lipinski definition) is 1. The number of benzene rings is 1. The predicted octanol–water partition coefficient (Wildman–Crippen LogP) is 1.04. The first-order chi connectivity index (χ1) is 8.35. The van der Waals surface area contributed by atoms with Gasteiger partial charge < -0.3 is 10.1 Å². The third-order valence-corrected chi connectivity index (χ3v) is 2.50. The number of nitrogens with zero attached hydrogens (tertiary/aromatic N) is 3. The van der Waals surface area contributed by atoms with Crippen molar-refractivity contribution in [2.24, 2.45) is 0 Å². The fourth-order valence-corrected chi connectivity index (χ4v) is 1.60. The zero-order chi connectivity index (χ0) is 12.1. The molecule has 5 heteroatoms. The van der Waals surface area contributed by atoms with Crippen molar-refractivity contribution in [3.8, 4) is 11.4 Å². The number of aromatic nitrogens is 3. The van der Waals surface area contributed by atoms with E-state index in [-0.39, 0.29) is 0 Å². The van der Waals surface area contributed by atoms with Crippen molar-refractivity contribution in [1.29, 1.82) is 0 Å². The van der Waals surface area contributed by atoms with Gasteiger partial charge in [-0.25, -0.2) is 4.68 Å². The van der Waals surface area contributed by atoms with Gasteiger partial charge >= 0.3 is 0 Å². The van der Waals surface area contributed by atoms with Crippen LogP contribution >= 0.6 is 0 Å². The second-order valence-electron chi connectivity index (χ2n) is 3.68. The summed E-state index contributed by atoms with van der Waals surface area (Å²) < 4.78 is 7.03. The normalized spacial score (nSPS) is 10.5. The molecule has 5 nitrogen and oxygen atoms in total. The number of para-hydroxylation sites is 2. The summed E-state index contributed by atoms with van der Waals surface area (Å²) in [5.74, 6) is 0.789. The predicted molar refractivity (Wildman–Crippen MR) is 65.5 cm³/mol. The van der Waals surface area contributed by atoms with Crippen LogP contribution in [0.1, 0.15) is 5.69 Å². The van der Waals surface area contributed by atoms with Crippen LogP contribution in [0.2, 0.25) is 0 Å². The summed E-state index contributed by atoms with van der Waals surface area (Å²) in [4.78, 5) is 0. The van der Waals surface area contributed by atoms with Gasteiger partial charge in [-0.1, -0.05) is 17.3 Å². The van der Waals surface area contributed by atoms with E-state index < -0.39 is 0 Å². The van der Waals surface area contributed by atoms with E-state index in [4.69, 9.17) is 4.74 Å². The molecule has 0 unspecified atom stereocenters. The lowest BCUT2D eigenvalue weighted by atomic mass is 10.3. The Labute approximate surface area is 100 Å². The van der Waals surface area contributed by atoms with Crippen LogP contribution in [0.15, 0.2) is 30.5 Å². The second kappa shape index (κ2) is 5.45. The maximum absolute atomic E-state index is 5.29. The van der Waals surface area contributed by atoms with E-state index in [2.05, 4.69) is 15.6 Å². The third-order valence-electron chi connectivity index (χ3n) is 2.50. The molecule has 1 heterocycles. The third kappa shape index (κ3) is 2.62. The molecule has 1 aromatic carbocycles. The molecule has 17 heavy (non-hydrogen) atoms. The number of hydrogen-bond acceptors (Lipinski definition) is 4. The highest BCUT2D eigenvalue weighted by molar-refractivity contribution is 5.45. The summed E-state index contributed by atoms with van der Waals surface area (Å²) in [6.45, 7) is 0.893. The van der Waals surface area contributed by atoms with E-state index in [0.717, 1.165) is 30.1 Å². The van der Waals surface area contributed by atoms with Gasteiger partial charge in [0.1, 0.15) is 11.4 Å². The van der Waals surface area contributed by atoms with Gasteiger partial charge in [0.05, 0.1) is 19.0 Å². The minimum Gasteiger partial charge on any atom is -0.494 e.